The molecule has 0 aliphatic heterocycles. The fourth-order valence-corrected chi connectivity index (χ4v) is 4.19. The molecule has 3 aromatic carbocycles. The summed E-state index contributed by atoms with van der Waals surface area (Å²) in [4.78, 5) is 25.4. The van der Waals surface area contributed by atoms with Gasteiger partial charge in [-0.25, -0.2) is 4.39 Å². The summed E-state index contributed by atoms with van der Waals surface area (Å²) in [6.07, 6.45) is 5.81. The van der Waals surface area contributed by atoms with Crippen LogP contribution in [0.15, 0.2) is 66.7 Å². The molecule has 0 heterocycles. The van der Waals surface area contributed by atoms with Crippen molar-refractivity contribution in [2.75, 3.05) is 23.9 Å². The number of unbranched alkanes of at least 4 members (excludes halogenated alkanes) is 4. The number of carbonyl (C=O) groups is 2. The molecule has 3 rings (SSSR count). The molecule has 0 aliphatic carbocycles. The normalized spacial score (nSPS) is 10.6. The molecule has 7 heteroatoms. The molecule has 0 spiro atoms. The van der Waals surface area contributed by atoms with Crippen LogP contribution in [0.25, 0.3) is 0 Å². The minimum absolute atomic E-state index is 0.203. The van der Waals surface area contributed by atoms with E-state index in [4.69, 9.17) is 9.47 Å². The van der Waals surface area contributed by atoms with Crippen LogP contribution in [0, 0.1) is 5.82 Å². The van der Waals surface area contributed by atoms with Gasteiger partial charge in [-0.15, -0.1) is 0 Å². The van der Waals surface area contributed by atoms with Crippen molar-refractivity contribution in [2.24, 2.45) is 0 Å². The number of ketones is 1. The Bertz CT molecular complexity index is 1200. The summed E-state index contributed by atoms with van der Waals surface area (Å²) in [5, 5.41) is 3.48. The molecule has 0 aromatic heterocycles. The van der Waals surface area contributed by atoms with E-state index in [1.807, 2.05) is 36.4 Å². The predicted molar refractivity (Wildman–Crippen MR) is 150 cm³/mol. The van der Waals surface area contributed by atoms with E-state index in [-0.39, 0.29) is 18.2 Å². The first-order chi connectivity index (χ1) is 18.4. The molecule has 0 radical (unpaired) electrons. The molecule has 0 atom stereocenters. The number of carbonyl (C=O) groups excluding carboxylic acids is 2. The van der Waals surface area contributed by atoms with Crippen molar-refractivity contribution in [2.45, 2.75) is 58.9 Å². The Hall–Kier alpha value is -3.87. The highest BCUT2D eigenvalue weighted by Crippen LogP contribution is 2.35. The molecule has 1 amide bonds. The third kappa shape index (κ3) is 8.91. The Morgan fingerprint density at radius 2 is 1.61 bits per heavy atom. The van der Waals surface area contributed by atoms with Crippen molar-refractivity contribution in [3.05, 3.63) is 78.1 Å². The van der Waals surface area contributed by atoms with Gasteiger partial charge in [-0.3, -0.25) is 4.79 Å². The van der Waals surface area contributed by atoms with Crippen molar-refractivity contribution in [1.29, 1.82) is 0 Å². The molecule has 0 bridgehead atoms. The van der Waals surface area contributed by atoms with E-state index in [0.29, 0.717) is 29.4 Å². The molecule has 6 nitrogen and oxygen atoms in total. The SMILES string of the molecule is COc1ccc(NCCCCCCCC(C)=O)c(CN(C(C)=O)c2cc(F)ccc2Oc2ccccc2)c1. The number of rotatable bonds is 15. The van der Waals surface area contributed by atoms with E-state index in [9.17, 15) is 14.0 Å². The lowest BCUT2D eigenvalue weighted by Gasteiger charge is -2.25. The van der Waals surface area contributed by atoms with Crippen LogP contribution in [-0.4, -0.2) is 25.3 Å². The molecular weight excluding hydrogens is 483 g/mol. The van der Waals surface area contributed by atoms with Crippen molar-refractivity contribution in [3.63, 3.8) is 0 Å². The lowest BCUT2D eigenvalue weighted by molar-refractivity contribution is -0.117. The molecule has 0 saturated carbocycles. The van der Waals surface area contributed by atoms with Crippen LogP contribution in [0.3, 0.4) is 0 Å². The van der Waals surface area contributed by atoms with Gasteiger partial charge in [0.25, 0.3) is 0 Å². The summed E-state index contributed by atoms with van der Waals surface area (Å²) in [5.74, 6) is 1.19. The number of methoxy groups -OCH3 is 1. The Labute approximate surface area is 224 Å². The number of benzene rings is 3. The van der Waals surface area contributed by atoms with Gasteiger partial charge < -0.3 is 24.5 Å². The largest absolute Gasteiger partial charge is 0.497 e. The van der Waals surface area contributed by atoms with Gasteiger partial charge in [0, 0.05) is 31.6 Å². The second-order valence-corrected chi connectivity index (χ2v) is 9.30. The molecule has 202 valence electrons. The number of nitrogens with one attached hydrogen (secondary N) is 1. The van der Waals surface area contributed by atoms with E-state index in [0.717, 1.165) is 49.9 Å². The van der Waals surface area contributed by atoms with Gasteiger partial charge in [0.05, 0.1) is 19.3 Å². The second-order valence-electron chi connectivity index (χ2n) is 9.30. The summed E-state index contributed by atoms with van der Waals surface area (Å²) in [6, 6.07) is 19.1. The first-order valence-corrected chi connectivity index (χ1v) is 13.1. The number of para-hydroxylation sites is 1. The summed E-state index contributed by atoms with van der Waals surface area (Å²) in [6.45, 7) is 4.06. The maximum absolute atomic E-state index is 14.4. The molecule has 0 fully saturated rings. The van der Waals surface area contributed by atoms with Crippen LogP contribution in [-0.2, 0) is 16.1 Å². The van der Waals surface area contributed by atoms with Crippen molar-refractivity contribution >= 4 is 23.1 Å². The van der Waals surface area contributed by atoms with Crippen LogP contribution < -0.4 is 19.7 Å². The lowest BCUT2D eigenvalue weighted by atomic mass is 10.1. The van der Waals surface area contributed by atoms with Gasteiger partial charge in [0.2, 0.25) is 5.91 Å². The highest BCUT2D eigenvalue weighted by Gasteiger charge is 2.20. The first kappa shape index (κ1) is 28.7. The van der Waals surface area contributed by atoms with Crippen LogP contribution in [0.5, 0.6) is 17.2 Å². The van der Waals surface area contributed by atoms with Crippen molar-refractivity contribution in [1.82, 2.24) is 0 Å². The Balaban J connectivity index is 1.75. The molecular formula is C31H37FN2O4. The highest BCUT2D eigenvalue weighted by atomic mass is 19.1. The van der Waals surface area contributed by atoms with Crippen LogP contribution in [0.4, 0.5) is 15.8 Å². The van der Waals surface area contributed by atoms with E-state index in [1.54, 1.807) is 26.2 Å². The molecule has 1 N–H and O–H groups in total. The number of anilines is 2. The van der Waals surface area contributed by atoms with Crippen LogP contribution in [0.2, 0.25) is 0 Å². The molecule has 0 aliphatic rings. The van der Waals surface area contributed by atoms with E-state index < -0.39 is 5.82 Å². The van der Waals surface area contributed by atoms with Crippen molar-refractivity contribution < 1.29 is 23.5 Å². The number of nitrogens with zero attached hydrogens (tertiary/aromatic N) is 1. The summed E-state index contributed by atoms with van der Waals surface area (Å²) in [5.41, 5.74) is 2.08. The average molecular weight is 521 g/mol. The lowest BCUT2D eigenvalue weighted by Crippen LogP contribution is -2.29. The highest BCUT2D eigenvalue weighted by molar-refractivity contribution is 5.93. The molecule has 38 heavy (non-hydrogen) atoms. The molecule has 0 unspecified atom stereocenters. The summed E-state index contributed by atoms with van der Waals surface area (Å²) >= 11 is 0. The third-order valence-corrected chi connectivity index (χ3v) is 6.22. The standard InChI is InChI=1S/C31H37FN2O4/c1-23(35)12-8-5-4-6-11-19-33-29-17-16-28(37-3)20-25(29)22-34(24(2)36)30-21-26(32)15-18-31(30)38-27-13-9-7-10-14-27/h7,9-10,13-18,20-21,33H,4-6,8,11-12,19,22H2,1-3H3. The van der Waals surface area contributed by atoms with Crippen molar-refractivity contribution in [3.8, 4) is 17.2 Å². The van der Waals surface area contributed by atoms with Crippen LogP contribution in [0.1, 0.15) is 57.9 Å². The van der Waals surface area contributed by atoms with Gasteiger partial charge in [-0.2, -0.15) is 0 Å². The fraction of sp³-hybridized carbons (Fsp3) is 0.355. The number of amides is 1. The van der Waals surface area contributed by atoms with E-state index >= 15 is 0 Å². The Morgan fingerprint density at radius 3 is 2.32 bits per heavy atom. The zero-order valence-corrected chi connectivity index (χ0v) is 22.5. The quantitative estimate of drug-likeness (QED) is 0.210. The van der Waals surface area contributed by atoms with Gasteiger partial charge in [0.1, 0.15) is 23.1 Å². The number of ether oxygens (including phenoxy) is 2. The fourth-order valence-electron chi connectivity index (χ4n) is 4.19. The number of hydrogen-bond acceptors (Lipinski definition) is 5. The minimum Gasteiger partial charge on any atom is -0.497 e. The number of Topliss-reactive ketones (excluding diaryl/α,β-unsaturated/α-hetero) is 1. The minimum atomic E-state index is -0.459. The smallest absolute Gasteiger partial charge is 0.224 e. The Morgan fingerprint density at radius 1 is 0.868 bits per heavy atom. The number of halogens is 1. The van der Waals surface area contributed by atoms with Gasteiger partial charge in [0.15, 0.2) is 5.75 Å². The Kier molecular flexibility index (Phi) is 11.1. The van der Waals surface area contributed by atoms with E-state index in [2.05, 4.69) is 5.32 Å². The van der Waals surface area contributed by atoms with Gasteiger partial charge >= 0.3 is 0 Å². The second kappa shape index (κ2) is 14.8. The number of hydrogen-bond donors (Lipinski definition) is 1. The zero-order valence-electron chi connectivity index (χ0n) is 22.5. The van der Waals surface area contributed by atoms with Gasteiger partial charge in [-0.1, -0.05) is 37.5 Å². The average Bonchev–Trinajstić information content (AvgIpc) is 2.90. The van der Waals surface area contributed by atoms with Crippen LogP contribution >= 0.6 is 0 Å². The first-order valence-electron chi connectivity index (χ1n) is 13.1. The maximum atomic E-state index is 14.4. The zero-order chi connectivity index (χ0) is 27.3. The van der Waals surface area contributed by atoms with E-state index in [1.165, 1.54) is 30.0 Å². The summed E-state index contributed by atoms with van der Waals surface area (Å²) < 4.78 is 25.8. The maximum Gasteiger partial charge on any atom is 0.224 e. The summed E-state index contributed by atoms with van der Waals surface area (Å²) in [7, 11) is 1.60. The molecule has 3 aromatic rings. The molecule has 0 saturated heterocycles. The monoisotopic (exact) mass is 520 g/mol. The predicted octanol–water partition coefficient (Wildman–Crippen LogP) is 7.52. The van der Waals surface area contributed by atoms with Gasteiger partial charge in [-0.05, 0) is 67.8 Å². The topological polar surface area (TPSA) is 67.9 Å². The third-order valence-electron chi connectivity index (χ3n) is 6.22.